The second-order valence-electron chi connectivity index (χ2n) is 4.85. The van der Waals surface area contributed by atoms with Crippen molar-refractivity contribution in [3.05, 3.63) is 18.2 Å². The summed E-state index contributed by atoms with van der Waals surface area (Å²) in [6.07, 6.45) is 0. The molecule has 0 unspecified atom stereocenters. The van der Waals surface area contributed by atoms with E-state index in [0.29, 0.717) is 6.61 Å². The SMILES string of the molecule is CCOc1cccc(N2C[C@H]3CNC[C@H]3C2)n1. The van der Waals surface area contributed by atoms with Gasteiger partial charge in [0.2, 0.25) is 5.88 Å². The molecule has 0 spiro atoms. The van der Waals surface area contributed by atoms with Crippen LogP contribution in [-0.2, 0) is 0 Å². The van der Waals surface area contributed by atoms with Gasteiger partial charge in [-0.1, -0.05) is 6.07 Å². The van der Waals surface area contributed by atoms with Gasteiger partial charge in [0.15, 0.2) is 0 Å². The maximum absolute atomic E-state index is 5.45. The van der Waals surface area contributed by atoms with Gasteiger partial charge in [0, 0.05) is 32.2 Å². The summed E-state index contributed by atoms with van der Waals surface area (Å²) in [6.45, 7) is 7.23. The molecule has 0 bridgehead atoms. The number of nitrogens with one attached hydrogen (secondary N) is 1. The highest BCUT2D eigenvalue weighted by atomic mass is 16.5. The lowest BCUT2D eigenvalue weighted by atomic mass is 10.0. The molecule has 2 aliphatic rings. The maximum atomic E-state index is 5.45. The van der Waals surface area contributed by atoms with E-state index in [1.54, 1.807) is 0 Å². The fourth-order valence-corrected chi connectivity index (χ4v) is 2.85. The van der Waals surface area contributed by atoms with Crippen molar-refractivity contribution in [2.24, 2.45) is 11.8 Å². The van der Waals surface area contributed by atoms with Gasteiger partial charge in [-0.2, -0.15) is 4.98 Å². The van der Waals surface area contributed by atoms with Crippen LogP contribution in [0.2, 0.25) is 0 Å². The molecule has 2 atom stereocenters. The zero-order chi connectivity index (χ0) is 11.7. The number of hydrogen-bond donors (Lipinski definition) is 1. The minimum Gasteiger partial charge on any atom is -0.478 e. The molecule has 0 saturated carbocycles. The van der Waals surface area contributed by atoms with Gasteiger partial charge < -0.3 is 15.0 Å². The monoisotopic (exact) mass is 233 g/mol. The fourth-order valence-electron chi connectivity index (χ4n) is 2.85. The summed E-state index contributed by atoms with van der Waals surface area (Å²) in [5.41, 5.74) is 0. The van der Waals surface area contributed by atoms with E-state index in [2.05, 4.69) is 21.3 Å². The topological polar surface area (TPSA) is 37.4 Å². The van der Waals surface area contributed by atoms with Crippen LogP contribution < -0.4 is 15.0 Å². The third-order valence-corrected chi connectivity index (χ3v) is 3.71. The molecule has 0 radical (unpaired) electrons. The molecular formula is C13H19N3O. The molecule has 1 N–H and O–H groups in total. The molecule has 1 aromatic rings. The van der Waals surface area contributed by atoms with Crippen molar-refractivity contribution >= 4 is 5.82 Å². The zero-order valence-electron chi connectivity index (χ0n) is 10.2. The predicted molar refractivity (Wildman–Crippen MR) is 67.5 cm³/mol. The van der Waals surface area contributed by atoms with Gasteiger partial charge in [-0.15, -0.1) is 0 Å². The van der Waals surface area contributed by atoms with Crippen LogP contribution in [0.3, 0.4) is 0 Å². The molecule has 4 nitrogen and oxygen atoms in total. The van der Waals surface area contributed by atoms with Gasteiger partial charge >= 0.3 is 0 Å². The number of aromatic nitrogens is 1. The summed E-state index contributed by atoms with van der Waals surface area (Å²) in [5, 5.41) is 3.46. The summed E-state index contributed by atoms with van der Waals surface area (Å²) in [6, 6.07) is 6.03. The lowest BCUT2D eigenvalue weighted by Crippen LogP contribution is -2.26. The highest BCUT2D eigenvalue weighted by molar-refractivity contribution is 5.42. The molecule has 2 aliphatic heterocycles. The highest BCUT2D eigenvalue weighted by Crippen LogP contribution is 2.30. The standard InChI is InChI=1S/C13H19N3O/c1-2-17-13-5-3-4-12(15-13)16-8-10-6-14-7-11(10)9-16/h3-5,10-11,14H,2,6-9H2,1H3/t10-,11+. The lowest BCUT2D eigenvalue weighted by molar-refractivity contribution is 0.327. The van der Waals surface area contributed by atoms with Crippen LogP contribution in [0.15, 0.2) is 18.2 Å². The third-order valence-electron chi connectivity index (χ3n) is 3.71. The summed E-state index contributed by atoms with van der Waals surface area (Å²) >= 11 is 0. The summed E-state index contributed by atoms with van der Waals surface area (Å²) in [5.74, 6) is 3.39. The van der Waals surface area contributed by atoms with E-state index < -0.39 is 0 Å². The lowest BCUT2D eigenvalue weighted by Gasteiger charge is -2.19. The Morgan fingerprint density at radius 2 is 2.12 bits per heavy atom. The van der Waals surface area contributed by atoms with E-state index in [-0.39, 0.29) is 0 Å². The van der Waals surface area contributed by atoms with E-state index >= 15 is 0 Å². The smallest absolute Gasteiger partial charge is 0.215 e. The molecule has 0 amide bonds. The first kappa shape index (κ1) is 10.8. The number of fused-ring (bicyclic) bond motifs is 1. The molecular weight excluding hydrogens is 214 g/mol. The van der Waals surface area contributed by atoms with Crippen molar-refractivity contribution in [2.45, 2.75) is 6.92 Å². The first-order valence-corrected chi connectivity index (χ1v) is 6.42. The number of ether oxygens (including phenoxy) is 1. The first-order valence-electron chi connectivity index (χ1n) is 6.42. The molecule has 0 aromatic carbocycles. The molecule has 1 aromatic heterocycles. The Kier molecular flexibility index (Phi) is 2.89. The van der Waals surface area contributed by atoms with Crippen LogP contribution in [0.5, 0.6) is 5.88 Å². The van der Waals surface area contributed by atoms with E-state index in [1.807, 2.05) is 19.1 Å². The van der Waals surface area contributed by atoms with Crippen LogP contribution in [-0.4, -0.2) is 37.8 Å². The Morgan fingerprint density at radius 1 is 1.35 bits per heavy atom. The van der Waals surface area contributed by atoms with Gasteiger partial charge in [-0.25, -0.2) is 0 Å². The molecule has 3 rings (SSSR count). The van der Waals surface area contributed by atoms with E-state index in [4.69, 9.17) is 4.74 Å². The normalized spacial score (nSPS) is 27.2. The Hall–Kier alpha value is -1.29. The highest BCUT2D eigenvalue weighted by Gasteiger charge is 2.36. The van der Waals surface area contributed by atoms with Crippen LogP contribution in [0.25, 0.3) is 0 Å². The summed E-state index contributed by atoms with van der Waals surface area (Å²) in [7, 11) is 0. The molecule has 2 fully saturated rings. The first-order chi connectivity index (χ1) is 8.36. The molecule has 92 valence electrons. The Bertz CT molecular complexity index is 384. The van der Waals surface area contributed by atoms with Crippen LogP contribution >= 0.6 is 0 Å². The van der Waals surface area contributed by atoms with Crippen molar-refractivity contribution in [2.75, 3.05) is 37.7 Å². The molecule has 3 heterocycles. The predicted octanol–water partition coefficient (Wildman–Crippen LogP) is 1.14. The molecule has 17 heavy (non-hydrogen) atoms. The summed E-state index contributed by atoms with van der Waals surface area (Å²) < 4.78 is 5.45. The Labute approximate surface area is 102 Å². The minimum atomic E-state index is 0.672. The van der Waals surface area contributed by atoms with E-state index in [1.165, 1.54) is 0 Å². The number of anilines is 1. The van der Waals surface area contributed by atoms with Crippen molar-refractivity contribution < 1.29 is 4.74 Å². The molecule has 4 heteroatoms. The van der Waals surface area contributed by atoms with Crippen molar-refractivity contribution in [3.8, 4) is 5.88 Å². The van der Waals surface area contributed by atoms with E-state index in [9.17, 15) is 0 Å². The van der Waals surface area contributed by atoms with Gasteiger partial charge in [-0.05, 0) is 24.8 Å². The van der Waals surface area contributed by atoms with Crippen molar-refractivity contribution in [3.63, 3.8) is 0 Å². The van der Waals surface area contributed by atoms with Gasteiger partial charge in [0.1, 0.15) is 5.82 Å². The van der Waals surface area contributed by atoms with Crippen LogP contribution in [0, 0.1) is 11.8 Å². The number of pyridine rings is 1. The van der Waals surface area contributed by atoms with Crippen LogP contribution in [0.1, 0.15) is 6.92 Å². The van der Waals surface area contributed by atoms with E-state index in [0.717, 1.165) is 49.7 Å². The average Bonchev–Trinajstić information content (AvgIpc) is 2.89. The number of nitrogens with zero attached hydrogens (tertiary/aromatic N) is 2. The molecule has 0 aliphatic carbocycles. The van der Waals surface area contributed by atoms with Crippen LogP contribution in [0.4, 0.5) is 5.82 Å². The summed E-state index contributed by atoms with van der Waals surface area (Å²) in [4.78, 5) is 6.94. The van der Waals surface area contributed by atoms with Gasteiger partial charge in [0.25, 0.3) is 0 Å². The molecule has 2 saturated heterocycles. The van der Waals surface area contributed by atoms with Crippen molar-refractivity contribution in [1.29, 1.82) is 0 Å². The number of rotatable bonds is 3. The third kappa shape index (κ3) is 2.09. The maximum Gasteiger partial charge on any atom is 0.215 e. The zero-order valence-corrected chi connectivity index (χ0v) is 10.2. The quantitative estimate of drug-likeness (QED) is 0.849. The average molecular weight is 233 g/mol. The van der Waals surface area contributed by atoms with Gasteiger partial charge in [0.05, 0.1) is 6.61 Å². The number of hydrogen-bond acceptors (Lipinski definition) is 4. The largest absolute Gasteiger partial charge is 0.478 e. The Morgan fingerprint density at radius 3 is 2.82 bits per heavy atom. The Balaban J connectivity index is 1.74. The minimum absolute atomic E-state index is 0.672. The fraction of sp³-hybridized carbons (Fsp3) is 0.615. The second-order valence-corrected chi connectivity index (χ2v) is 4.85. The van der Waals surface area contributed by atoms with Crippen molar-refractivity contribution in [1.82, 2.24) is 10.3 Å². The van der Waals surface area contributed by atoms with Gasteiger partial charge in [-0.3, -0.25) is 0 Å². The second kappa shape index (κ2) is 4.53.